The van der Waals surface area contributed by atoms with Crippen LogP contribution in [0.1, 0.15) is 24.5 Å². The number of hydrogen-bond acceptors (Lipinski definition) is 2. The highest BCUT2D eigenvalue weighted by Gasteiger charge is 2.29. The first kappa shape index (κ1) is 13.5. The zero-order valence-electron chi connectivity index (χ0n) is 9.63. The molecule has 98 valence electrons. The topological polar surface area (TPSA) is 25.8 Å². The van der Waals surface area contributed by atoms with Crippen LogP contribution in [0.5, 0.6) is 0 Å². The molecular weight excluding hydrogens is 401 g/mol. The van der Waals surface area contributed by atoms with E-state index >= 15 is 0 Å². The Bertz CT molecular complexity index is 639. The molecule has 1 aliphatic carbocycles. The molecule has 0 bridgehead atoms. The molecule has 2 nitrogen and oxygen atoms in total. The summed E-state index contributed by atoms with van der Waals surface area (Å²) in [7, 11) is 0. The number of rotatable bonds is 2. The van der Waals surface area contributed by atoms with Crippen LogP contribution in [0.3, 0.4) is 0 Å². The molecule has 1 aromatic heterocycles. The van der Waals surface area contributed by atoms with Gasteiger partial charge in [-0.25, -0.2) is 14.4 Å². The van der Waals surface area contributed by atoms with Crippen molar-refractivity contribution in [2.75, 3.05) is 0 Å². The summed E-state index contributed by atoms with van der Waals surface area (Å²) >= 11 is 14.1. The van der Waals surface area contributed by atoms with Crippen LogP contribution >= 0.6 is 45.8 Å². The quantitative estimate of drug-likeness (QED) is 0.512. The minimum atomic E-state index is -0.409. The van der Waals surface area contributed by atoms with Gasteiger partial charge >= 0.3 is 0 Å². The van der Waals surface area contributed by atoms with Crippen molar-refractivity contribution in [1.82, 2.24) is 9.97 Å². The second-order valence-corrected chi connectivity index (χ2v) is 6.34. The molecule has 1 fully saturated rings. The molecule has 3 rings (SSSR count). The molecule has 0 atom stereocenters. The Hall–Kier alpha value is -0.460. The van der Waals surface area contributed by atoms with Crippen molar-refractivity contribution in [2.24, 2.45) is 0 Å². The van der Waals surface area contributed by atoms with Gasteiger partial charge in [0.25, 0.3) is 0 Å². The average Bonchev–Trinajstić information content (AvgIpc) is 3.15. The van der Waals surface area contributed by atoms with Gasteiger partial charge in [-0.1, -0.05) is 23.2 Å². The van der Waals surface area contributed by atoms with E-state index in [-0.39, 0.29) is 0 Å². The maximum Gasteiger partial charge on any atom is 0.161 e. The summed E-state index contributed by atoms with van der Waals surface area (Å²) in [4.78, 5) is 8.74. The zero-order valence-corrected chi connectivity index (χ0v) is 13.3. The van der Waals surface area contributed by atoms with E-state index in [0.717, 1.165) is 22.1 Å². The first-order chi connectivity index (χ1) is 9.04. The van der Waals surface area contributed by atoms with Crippen molar-refractivity contribution in [1.29, 1.82) is 0 Å². The molecule has 2 aromatic rings. The maximum absolute atomic E-state index is 13.4. The Morgan fingerprint density at radius 1 is 1.16 bits per heavy atom. The Morgan fingerprint density at radius 2 is 1.89 bits per heavy atom. The highest BCUT2D eigenvalue weighted by atomic mass is 127. The fourth-order valence-electron chi connectivity index (χ4n) is 1.88. The summed E-state index contributed by atoms with van der Waals surface area (Å²) < 4.78 is 14.3. The number of nitrogens with zero attached hydrogens (tertiary/aromatic N) is 2. The van der Waals surface area contributed by atoms with Crippen LogP contribution in [-0.2, 0) is 0 Å². The summed E-state index contributed by atoms with van der Waals surface area (Å²) in [5, 5.41) is 0.731. The number of aromatic nitrogens is 2. The van der Waals surface area contributed by atoms with Gasteiger partial charge in [0.15, 0.2) is 5.82 Å². The molecule has 0 unspecified atom stereocenters. The van der Waals surface area contributed by atoms with E-state index in [4.69, 9.17) is 23.2 Å². The van der Waals surface area contributed by atoms with Gasteiger partial charge in [-0.3, -0.25) is 0 Å². The van der Waals surface area contributed by atoms with Crippen molar-refractivity contribution >= 4 is 45.8 Å². The Morgan fingerprint density at radius 3 is 2.53 bits per heavy atom. The van der Waals surface area contributed by atoms with Crippen molar-refractivity contribution < 1.29 is 4.39 Å². The monoisotopic (exact) mass is 408 g/mol. The number of benzene rings is 1. The summed E-state index contributed by atoms with van der Waals surface area (Å²) in [6.45, 7) is 0. The van der Waals surface area contributed by atoms with Crippen LogP contribution in [0.25, 0.3) is 11.4 Å². The summed E-state index contributed by atoms with van der Waals surface area (Å²) in [6.07, 6.45) is 2.24. The lowest BCUT2D eigenvalue weighted by Crippen LogP contribution is -1.99. The smallest absolute Gasteiger partial charge is 0.161 e. The van der Waals surface area contributed by atoms with Crippen LogP contribution in [0.2, 0.25) is 10.2 Å². The van der Waals surface area contributed by atoms with Gasteiger partial charge < -0.3 is 0 Å². The molecule has 0 amide bonds. The second kappa shape index (κ2) is 5.14. The standard InChI is InChI=1S/C13H8Cl2FIN2/c14-8-3-7(4-9(16)5-8)13-18-11(6-1-2-6)10(17)12(15)19-13/h3-6H,1-2H2. The predicted octanol–water partition coefficient (Wildman–Crippen LogP) is 5.07. The van der Waals surface area contributed by atoms with Crippen LogP contribution in [-0.4, -0.2) is 9.97 Å². The van der Waals surface area contributed by atoms with Gasteiger partial charge in [0.2, 0.25) is 0 Å². The van der Waals surface area contributed by atoms with E-state index in [9.17, 15) is 4.39 Å². The van der Waals surface area contributed by atoms with Gasteiger partial charge in [-0.2, -0.15) is 0 Å². The Balaban J connectivity index is 2.14. The van der Waals surface area contributed by atoms with Crippen LogP contribution < -0.4 is 0 Å². The molecule has 6 heteroatoms. The Labute approximate surface area is 133 Å². The number of hydrogen-bond donors (Lipinski definition) is 0. The second-order valence-electron chi connectivity index (χ2n) is 4.47. The average molecular weight is 409 g/mol. The molecule has 1 saturated carbocycles. The minimum Gasteiger partial charge on any atom is -0.232 e. The van der Waals surface area contributed by atoms with Crippen molar-refractivity contribution in [3.8, 4) is 11.4 Å². The summed E-state index contributed by atoms with van der Waals surface area (Å²) in [6, 6.07) is 4.25. The normalized spacial score (nSPS) is 14.7. The lowest BCUT2D eigenvalue weighted by molar-refractivity contribution is 0.628. The van der Waals surface area contributed by atoms with E-state index in [1.165, 1.54) is 12.1 Å². The van der Waals surface area contributed by atoms with Gasteiger partial charge in [0.1, 0.15) is 11.0 Å². The van der Waals surface area contributed by atoms with Crippen molar-refractivity contribution in [3.05, 3.63) is 43.5 Å². The SMILES string of the molecule is Fc1cc(Cl)cc(-c2nc(Cl)c(I)c(C3CC3)n2)c1. The van der Waals surface area contributed by atoms with Crippen LogP contribution in [0.4, 0.5) is 4.39 Å². The summed E-state index contributed by atoms with van der Waals surface area (Å²) in [5.41, 5.74) is 1.50. The molecule has 19 heavy (non-hydrogen) atoms. The van der Waals surface area contributed by atoms with Gasteiger partial charge in [0.05, 0.1) is 9.26 Å². The molecule has 0 aliphatic heterocycles. The molecule has 1 heterocycles. The lowest BCUT2D eigenvalue weighted by Gasteiger charge is -2.08. The van der Waals surface area contributed by atoms with Gasteiger partial charge in [0, 0.05) is 16.5 Å². The highest BCUT2D eigenvalue weighted by molar-refractivity contribution is 14.1. The zero-order chi connectivity index (χ0) is 13.6. The predicted molar refractivity (Wildman–Crippen MR) is 82.1 cm³/mol. The largest absolute Gasteiger partial charge is 0.232 e. The first-order valence-corrected chi connectivity index (χ1v) is 7.57. The molecule has 1 aliphatic rings. The first-order valence-electron chi connectivity index (χ1n) is 5.74. The van der Waals surface area contributed by atoms with Crippen molar-refractivity contribution in [2.45, 2.75) is 18.8 Å². The Kier molecular flexibility index (Phi) is 3.66. The third-order valence-corrected chi connectivity index (χ3v) is 4.80. The molecule has 1 aromatic carbocycles. The van der Waals surface area contributed by atoms with Gasteiger partial charge in [-0.15, -0.1) is 0 Å². The maximum atomic E-state index is 13.4. The molecule has 0 N–H and O–H groups in total. The molecule has 0 saturated heterocycles. The fourth-order valence-corrected chi connectivity index (χ4v) is 2.96. The van der Waals surface area contributed by atoms with Crippen LogP contribution in [0, 0.1) is 9.39 Å². The third-order valence-electron chi connectivity index (χ3n) is 2.92. The van der Waals surface area contributed by atoms with E-state index < -0.39 is 5.82 Å². The third kappa shape index (κ3) is 2.85. The minimum absolute atomic E-state index is 0.321. The molecule has 0 spiro atoms. The number of halogens is 4. The summed E-state index contributed by atoms with van der Waals surface area (Å²) in [5.74, 6) is 0.470. The van der Waals surface area contributed by atoms with Crippen molar-refractivity contribution in [3.63, 3.8) is 0 Å². The van der Waals surface area contributed by atoms with Crippen LogP contribution in [0.15, 0.2) is 18.2 Å². The molecule has 0 radical (unpaired) electrons. The highest BCUT2D eigenvalue weighted by Crippen LogP contribution is 2.42. The van der Waals surface area contributed by atoms with E-state index in [1.807, 2.05) is 0 Å². The fraction of sp³-hybridized carbons (Fsp3) is 0.231. The van der Waals surface area contributed by atoms with E-state index in [0.29, 0.717) is 27.5 Å². The molecular formula is C13H8Cl2FIN2. The van der Waals surface area contributed by atoms with E-state index in [1.54, 1.807) is 6.07 Å². The van der Waals surface area contributed by atoms with E-state index in [2.05, 4.69) is 32.6 Å². The lowest BCUT2D eigenvalue weighted by atomic mass is 10.2. The van der Waals surface area contributed by atoms with Gasteiger partial charge in [-0.05, 0) is 53.6 Å².